The lowest BCUT2D eigenvalue weighted by molar-refractivity contribution is -0.400. The number of aliphatic imine (C=N–C) groups is 1. The molecule has 0 unspecified atom stereocenters. The second-order valence-electron chi connectivity index (χ2n) is 3.18. The predicted octanol–water partition coefficient (Wildman–Crippen LogP) is 1.10. The van der Waals surface area contributed by atoms with Crippen LogP contribution in [0, 0.1) is 10.1 Å². The second-order valence-corrected chi connectivity index (χ2v) is 3.18. The van der Waals surface area contributed by atoms with Gasteiger partial charge in [0, 0.05) is 30.8 Å². The minimum absolute atomic E-state index is 0.482. The molecule has 0 atom stereocenters. The molecular weight excluding hydrogens is 196 g/mol. The fraction of sp³-hybridized carbons (Fsp3) is 0.333. The molecule has 1 aromatic rings. The van der Waals surface area contributed by atoms with Crippen molar-refractivity contribution in [2.75, 3.05) is 0 Å². The minimum Gasteiger partial charge on any atom is -0.291 e. The van der Waals surface area contributed by atoms with E-state index < -0.39 is 4.92 Å². The van der Waals surface area contributed by atoms with E-state index in [1.165, 1.54) is 6.08 Å². The summed E-state index contributed by atoms with van der Waals surface area (Å²) in [5.74, 6) is 0. The summed E-state index contributed by atoms with van der Waals surface area (Å²) in [6, 6.07) is 0. The molecule has 0 N–H and O–H groups in total. The molecule has 2 heterocycles. The van der Waals surface area contributed by atoms with Gasteiger partial charge in [-0.05, 0) is 0 Å². The van der Waals surface area contributed by atoms with Crippen LogP contribution in [0.3, 0.4) is 0 Å². The largest absolute Gasteiger partial charge is 0.291 e. The molecule has 1 aliphatic rings. The van der Waals surface area contributed by atoms with Crippen molar-refractivity contribution in [2.45, 2.75) is 19.5 Å². The summed E-state index contributed by atoms with van der Waals surface area (Å²) in [6.45, 7) is 1.32. The maximum absolute atomic E-state index is 10.2. The first-order chi connectivity index (χ1) is 7.27. The monoisotopic (exact) mass is 206 g/mol. The Labute approximate surface area is 86.1 Å². The number of nitro groups is 1. The van der Waals surface area contributed by atoms with Gasteiger partial charge >= 0.3 is 0 Å². The summed E-state index contributed by atoms with van der Waals surface area (Å²) in [5.41, 5.74) is 1.70. The van der Waals surface area contributed by atoms with Crippen molar-refractivity contribution in [2.24, 2.45) is 4.99 Å². The quantitative estimate of drug-likeness (QED) is 0.537. The van der Waals surface area contributed by atoms with Crippen LogP contribution in [-0.4, -0.2) is 20.9 Å². The lowest BCUT2D eigenvalue weighted by Crippen LogP contribution is -2.02. The Morgan fingerprint density at radius 3 is 3.27 bits per heavy atom. The average molecular weight is 206 g/mol. The van der Waals surface area contributed by atoms with E-state index in [0.717, 1.165) is 30.4 Å². The molecule has 0 amide bonds. The van der Waals surface area contributed by atoms with E-state index in [0.29, 0.717) is 6.54 Å². The fourth-order valence-corrected chi connectivity index (χ4v) is 1.49. The van der Waals surface area contributed by atoms with Crippen molar-refractivity contribution in [3.05, 3.63) is 33.8 Å². The van der Waals surface area contributed by atoms with Crippen LogP contribution in [0.25, 0.3) is 6.08 Å². The van der Waals surface area contributed by atoms with Crippen LogP contribution in [-0.2, 0) is 13.1 Å². The zero-order valence-corrected chi connectivity index (χ0v) is 8.04. The zero-order valence-electron chi connectivity index (χ0n) is 8.04. The number of hydrogen-bond donors (Lipinski definition) is 0. The van der Waals surface area contributed by atoms with E-state index in [4.69, 9.17) is 0 Å². The van der Waals surface area contributed by atoms with Gasteiger partial charge in [0.15, 0.2) is 0 Å². The Balaban J connectivity index is 2.29. The number of aromatic nitrogens is 2. The molecule has 6 heteroatoms. The maximum Gasteiger partial charge on any atom is 0.235 e. The molecule has 0 fully saturated rings. The van der Waals surface area contributed by atoms with Crippen molar-refractivity contribution in [3.63, 3.8) is 0 Å². The molecule has 0 spiro atoms. The lowest BCUT2D eigenvalue weighted by atomic mass is 10.2. The minimum atomic E-state index is -0.482. The van der Waals surface area contributed by atoms with Crippen molar-refractivity contribution in [1.82, 2.24) is 9.78 Å². The Bertz CT molecular complexity index is 433. The second kappa shape index (κ2) is 4.04. The van der Waals surface area contributed by atoms with Gasteiger partial charge in [-0.1, -0.05) is 0 Å². The topological polar surface area (TPSA) is 73.3 Å². The first-order valence-corrected chi connectivity index (χ1v) is 4.62. The van der Waals surface area contributed by atoms with E-state index in [1.807, 2.05) is 10.9 Å². The number of hydrogen-bond acceptors (Lipinski definition) is 4. The van der Waals surface area contributed by atoms with Crippen LogP contribution in [0.2, 0.25) is 0 Å². The van der Waals surface area contributed by atoms with Gasteiger partial charge in [-0.3, -0.25) is 19.8 Å². The summed E-state index contributed by atoms with van der Waals surface area (Å²) in [6.07, 6.45) is 6.73. The highest BCUT2D eigenvalue weighted by atomic mass is 16.6. The molecule has 78 valence electrons. The molecule has 15 heavy (non-hydrogen) atoms. The third-order valence-corrected chi connectivity index (χ3v) is 2.20. The van der Waals surface area contributed by atoms with Gasteiger partial charge in [0.25, 0.3) is 0 Å². The summed E-state index contributed by atoms with van der Waals surface area (Å²) in [4.78, 5) is 13.9. The van der Waals surface area contributed by atoms with Gasteiger partial charge in [-0.15, -0.1) is 0 Å². The molecule has 0 aliphatic carbocycles. The Hall–Kier alpha value is -1.98. The van der Waals surface area contributed by atoms with Gasteiger partial charge in [0.05, 0.1) is 23.4 Å². The smallest absolute Gasteiger partial charge is 0.235 e. The highest BCUT2D eigenvalue weighted by Crippen LogP contribution is 2.14. The van der Waals surface area contributed by atoms with Crippen molar-refractivity contribution in [1.29, 1.82) is 0 Å². The van der Waals surface area contributed by atoms with E-state index >= 15 is 0 Å². The maximum atomic E-state index is 10.2. The van der Waals surface area contributed by atoms with Gasteiger partial charge in [0.2, 0.25) is 6.20 Å². The highest BCUT2D eigenvalue weighted by molar-refractivity contribution is 5.58. The van der Waals surface area contributed by atoms with Crippen LogP contribution in [0.15, 0.2) is 17.4 Å². The summed E-state index contributed by atoms with van der Waals surface area (Å²) in [5, 5.41) is 14.3. The van der Waals surface area contributed by atoms with E-state index in [2.05, 4.69) is 10.1 Å². The fourth-order valence-electron chi connectivity index (χ4n) is 1.49. The van der Waals surface area contributed by atoms with Crippen LogP contribution >= 0.6 is 0 Å². The molecule has 0 radical (unpaired) electrons. The van der Waals surface area contributed by atoms with Crippen LogP contribution in [0.4, 0.5) is 0 Å². The highest BCUT2D eigenvalue weighted by Gasteiger charge is 2.10. The number of aryl methyl sites for hydroxylation is 1. The van der Waals surface area contributed by atoms with Gasteiger partial charge in [-0.2, -0.15) is 5.10 Å². The molecule has 0 bridgehead atoms. The van der Waals surface area contributed by atoms with E-state index in [-0.39, 0.29) is 0 Å². The lowest BCUT2D eigenvalue weighted by Gasteiger charge is -2.00. The molecule has 6 nitrogen and oxygen atoms in total. The molecule has 2 rings (SSSR count). The van der Waals surface area contributed by atoms with Gasteiger partial charge in [0.1, 0.15) is 0 Å². The van der Waals surface area contributed by atoms with Crippen LogP contribution in [0.1, 0.15) is 17.7 Å². The van der Waals surface area contributed by atoms with Gasteiger partial charge in [-0.25, -0.2) is 0 Å². The average Bonchev–Trinajstić information content (AvgIpc) is 2.44. The predicted molar refractivity (Wildman–Crippen MR) is 55.1 cm³/mol. The molecular formula is C9H10N4O2. The van der Waals surface area contributed by atoms with Crippen molar-refractivity contribution < 1.29 is 4.92 Å². The van der Waals surface area contributed by atoms with E-state index in [9.17, 15) is 10.1 Å². The normalized spacial score (nSPS) is 15.2. The zero-order chi connectivity index (χ0) is 10.7. The van der Waals surface area contributed by atoms with E-state index in [1.54, 1.807) is 6.20 Å². The SMILES string of the molecule is O=[N+]([O-])C=Cc1cnn2c1CN=CCC2. The molecule has 1 aromatic heterocycles. The third kappa shape index (κ3) is 2.09. The Morgan fingerprint density at radius 2 is 2.47 bits per heavy atom. The van der Waals surface area contributed by atoms with Crippen LogP contribution in [0.5, 0.6) is 0 Å². The number of rotatable bonds is 2. The van der Waals surface area contributed by atoms with Crippen molar-refractivity contribution in [3.8, 4) is 0 Å². The molecule has 0 saturated carbocycles. The first-order valence-electron chi connectivity index (χ1n) is 4.62. The van der Waals surface area contributed by atoms with Crippen molar-refractivity contribution >= 4 is 12.3 Å². The number of fused-ring (bicyclic) bond motifs is 1. The summed E-state index contributed by atoms with van der Waals surface area (Å²) >= 11 is 0. The summed E-state index contributed by atoms with van der Waals surface area (Å²) < 4.78 is 1.84. The standard InChI is InChI=1S/C9H10N4O2/c14-13(15)5-2-8-6-11-12-4-1-3-10-7-9(8)12/h2-3,5-6H,1,4,7H2. The summed E-state index contributed by atoms with van der Waals surface area (Å²) in [7, 11) is 0. The molecule has 0 saturated heterocycles. The Morgan fingerprint density at radius 1 is 1.60 bits per heavy atom. The first kappa shape index (κ1) is 9.57. The third-order valence-electron chi connectivity index (χ3n) is 2.20. The Kier molecular flexibility index (Phi) is 2.57. The number of nitrogens with zero attached hydrogens (tertiary/aromatic N) is 4. The van der Waals surface area contributed by atoms with Gasteiger partial charge < -0.3 is 0 Å². The molecule has 1 aliphatic heterocycles. The molecule has 0 aromatic carbocycles. The van der Waals surface area contributed by atoms with Crippen LogP contribution < -0.4 is 0 Å².